The summed E-state index contributed by atoms with van der Waals surface area (Å²) in [6.45, 7) is 0. The average Bonchev–Trinajstić information content (AvgIpc) is 2.03. The zero-order chi connectivity index (χ0) is 9.84. The van der Waals surface area contributed by atoms with Gasteiger partial charge in [0.05, 0.1) is 5.02 Å². The molecule has 0 aromatic heterocycles. The highest BCUT2D eigenvalue weighted by Gasteiger charge is 2.01. The first kappa shape index (κ1) is 10.1. The standard InChI is InChI=1S/C8H5ClFNOS/c9-7-3-6(11-8(10)12)2-1-5(7)4-13/h1-4H,(H,11,12). The molecule has 1 amide bonds. The van der Waals surface area contributed by atoms with Crippen LogP contribution in [0.4, 0.5) is 14.9 Å². The molecule has 0 saturated heterocycles. The van der Waals surface area contributed by atoms with Crippen molar-refractivity contribution < 1.29 is 9.18 Å². The van der Waals surface area contributed by atoms with Crippen LogP contribution >= 0.6 is 23.8 Å². The maximum atomic E-state index is 11.9. The van der Waals surface area contributed by atoms with Crippen LogP contribution in [0.15, 0.2) is 18.2 Å². The molecular formula is C8H5ClFNOS. The quantitative estimate of drug-likeness (QED) is 0.468. The minimum absolute atomic E-state index is 0.304. The van der Waals surface area contributed by atoms with Crippen LogP contribution in [0.3, 0.4) is 0 Å². The number of nitrogens with one attached hydrogen (secondary N) is 1. The van der Waals surface area contributed by atoms with Crippen molar-refractivity contribution >= 4 is 41.0 Å². The van der Waals surface area contributed by atoms with Crippen molar-refractivity contribution in [3.05, 3.63) is 28.8 Å². The smallest absolute Gasteiger partial charge is 0.298 e. The second-order valence-corrected chi connectivity index (χ2v) is 2.90. The van der Waals surface area contributed by atoms with Gasteiger partial charge in [0.25, 0.3) is 0 Å². The van der Waals surface area contributed by atoms with E-state index in [1.54, 1.807) is 6.07 Å². The first-order chi connectivity index (χ1) is 6.13. The highest BCUT2D eigenvalue weighted by atomic mass is 35.5. The highest BCUT2D eigenvalue weighted by molar-refractivity contribution is 7.79. The average molecular weight is 218 g/mol. The zero-order valence-electron chi connectivity index (χ0n) is 6.38. The van der Waals surface area contributed by atoms with Gasteiger partial charge in [-0.3, -0.25) is 5.32 Å². The van der Waals surface area contributed by atoms with Gasteiger partial charge >= 0.3 is 6.16 Å². The van der Waals surface area contributed by atoms with E-state index in [1.165, 1.54) is 17.5 Å². The summed E-state index contributed by atoms with van der Waals surface area (Å²) in [5.41, 5.74) is 0.964. The Labute approximate surface area is 84.7 Å². The van der Waals surface area contributed by atoms with Crippen molar-refractivity contribution in [2.75, 3.05) is 5.32 Å². The third kappa shape index (κ3) is 2.75. The van der Waals surface area contributed by atoms with Crippen molar-refractivity contribution in [3.8, 4) is 0 Å². The minimum Gasteiger partial charge on any atom is -0.298 e. The Bertz CT molecular complexity index is 356. The molecule has 0 aliphatic rings. The molecule has 0 aliphatic heterocycles. The molecule has 1 N–H and O–H groups in total. The molecule has 13 heavy (non-hydrogen) atoms. The molecule has 0 atom stereocenters. The lowest BCUT2D eigenvalue weighted by Crippen LogP contribution is -2.02. The number of halogens is 2. The van der Waals surface area contributed by atoms with Gasteiger partial charge in [0, 0.05) is 16.6 Å². The third-order valence-electron chi connectivity index (χ3n) is 1.37. The summed E-state index contributed by atoms with van der Waals surface area (Å²) in [4.78, 5) is 10.0. The summed E-state index contributed by atoms with van der Waals surface area (Å²) in [5, 5.41) is 3.74. The summed E-state index contributed by atoms with van der Waals surface area (Å²) >= 11 is 10.4. The first-order valence-corrected chi connectivity index (χ1v) is 4.19. The molecule has 2 nitrogen and oxygen atoms in total. The van der Waals surface area contributed by atoms with Gasteiger partial charge in [-0.1, -0.05) is 29.9 Å². The van der Waals surface area contributed by atoms with Crippen LogP contribution < -0.4 is 5.32 Å². The van der Waals surface area contributed by atoms with E-state index < -0.39 is 6.16 Å². The maximum Gasteiger partial charge on any atom is 0.401 e. The number of amides is 1. The molecular weight excluding hydrogens is 213 g/mol. The van der Waals surface area contributed by atoms with Gasteiger partial charge < -0.3 is 0 Å². The van der Waals surface area contributed by atoms with Crippen molar-refractivity contribution in [1.82, 2.24) is 0 Å². The largest absolute Gasteiger partial charge is 0.401 e. The summed E-state index contributed by atoms with van der Waals surface area (Å²) in [7, 11) is 0. The lowest BCUT2D eigenvalue weighted by molar-refractivity contribution is 0.235. The topological polar surface area (TPSA) is 29.1 Å². The molecule has 0 spiro atoms. The van der Waals surface area contributed by atoms with Crippen LogP contribution in [-0.4, -0.2) is 11.5 Å². The Morgan fingerprint density at radius 2 is 2.31 bits per heavy atom. The van der Waals surface area contributed by atoms with Crippen molar-refractivity contribution in [2.24, 2.45) is 0 Å². The summed E-state index contributed by atoms with van der Waals surface area (Å²) in [6.07, 6.45) is -1.62. The van der Waals surface area contributed by atoms with Gasteiger partial charge in [0.1, 0.15) is 0 Å². The van der Waals surface area contributed by atoms with Crippen LogP contribution in [0.2, 0.25) is 5.02 Å². The fraction of sp³-hybridized carbons (Fsp3) is 0. The van der Waals surface area contributed by atoms with E-state index in [2.05, 4.69) is 12.2 Å². The molecule has 0 radical (unpaired) electrons. The fourth-order valence-corrected chi connectivity index (χ4v) is 1.32. The van der Waals surface area contributed by atoms with Crippen molar-refractivity contribution in [1.29, 1.82) is 0 Å². The number of hydrogen-bond donors (Lipinski definition) is 1. The van der Waals surface area contributed by atoms with Crippen molar-refractivity contribution in [3.63, 3.8) is 0 Å². The van der Waals surface area contributed by atoms with Gasteiger partial charge in [0.2, 0.25) is 0 Å². The Kier molecular flexibility index (Phi) is 3.33. The van der Waals surface area contributed by atoms with Crippen LogP contribution in [0.1, 0.15) is 5.56 Å². The Balaban J connectivity index is 2.95. The number of anilines is 1. The summed E-state index contributed by atoms with van der Waals surface area (Å²) < 4.78 is 11.9. The number of hydrogen-bond acceptors (Lipinski definition) is 2. The second-order valence-electron chi connectivity index (χ2n) is 2.25. The number of carbonyl (C=O) groups excluding carboxylic acids is 1. The molecule has 0 unspecified atom stereocenters. The number of carbonyl (C=O) groups is 1. The Morgan fingerprint density at radius 3 is 2.77 bits per heavy atom. The molecule has 5 heteroatoms. The second kappa shape index (κ2) is 4.30. The van der Waals surface area contributed by atoms with E-state index in [1.807, 2.05) is 5.32 Å². The van der Waals surface area contributed by atoms with Crippen molar-refractivity contribution in [2.45, 2.75) is 0 Å². The zero-order valence-corrected chi connectivity index (χ0v) is 7.95. The van der Waals surface area contributed by atoms with Gasteiger partial charge in [-0.05, 0) is 12.1 Å². The van der Waals surface area contributed by atoms with Gasteiger partial charge in [0.15, 0.2) is 0 Å². The molecule has 0 aliphatic carbocycles. The number of thiocarbonyl (C=S) groups is 1. The lowest BCUT2D eigenvalue weighted by atomic mass is 10.2. The Hall–Kier alpha value is -1.00. The molecule has 0 bridgehead atoms. The van der Waals surface area contributed by atoms with Gasteiger partial charge in [-0.2, -0.15) is 0 Å². The molecule has 68 valence electrons. The fourth-order valence-electron chi connectivity index (χ4n) is 0.814. The van der Waals surface area contributed by atoms with Crippen LogP contribution in [0, 0.1) is 0 Å². The van der Waals surface area contributed by atoms with Gasteiger partial charge in [-0.15, -0.1) is 4.39 Å². The number of benzene rings is 1. The molecule has 0 heterocycles. The van der Waals surface area contributed by atoms with Crippen LogP contribution in [0.25, 0.3) is 0 Å². The molecule has 1 rings (SSSR count). The Morgan fingerprint density at radius 1 is 1.62 bits per heavy atom. The molecule has 0 saturated carbocycles. The monoisotopic (exact) mass is 217 g/mol. The number of rotatable bonds is 2. The van der Waals surface area contributed by atoms with E-state index >= 15 is 0 Å². The molecule has 1 aromatic rings. The van der Waals surface area contributed by atoms with E-state index in [0.717, 1.165) is 0 Å². The molecule has 1 aromatic carbocycles. The normalized spacial score (nSPS) is 9.38. The lowest BCUT2D eigenvalue weighted by Gasteiger charge is -2.01. The summed E-state index contributed by atoms with van der Waals surface area (Å²) in [6, 6.07) is 4.54. The van der Waals surface area contributed by atoms with Gasteiger partial charge in [-0.25, -0.2) is 4.79 Å². The maximum absolute atomic E-state index is 11.9. The van der Waals surface area contributed by atoms with Crippen LogP contribution in [-0.2, 0) is 0 Å². The first-order valence-electron chi connectivity index (χ1n) is 3.34. The predicted molar refractivity (Wildman–Crippen MR) is 54.3 cm³/mol. The highest BCUT2D eigenvalue weighted by Crippen LogP contribution is 2.19. The third-order valence-corrected chi connectivity index (χ3v) is 1.95. The van der Waals surface area contributed by atoms with E-state index in [4.69, 9.17) is 11.6 Å². The predicted octanol–water partition coefficient (Wildman–Crippen LogP) is 3.19. The summed E-state index contributed by atoms with van der Waals surface area (Å²) in [5.74, 6) is 0. The SMILES string of the molecule is O=C(F)Nc1ccc(C=S)c(Cl)c1. The van der Waals surface area contributed by atoms with E-state index in [9.17, 15) is 9.18 Å². The van der Waals surface area contributed by atoms with E-state index in [-0.39, 0.29) is 0 Å². The molecule has 0 fully saturated rings. The van der Waals surface area contributed by atoms with Crippen LogP contribution in [0.5, 0.6) is 0 Å². The van der Waals surface area contributed by atoms with E-state index in [0.29, 0.717) is 16.3 Å². The minimum atomic E-state index is -1.62.